The average Bonchev–Trinajstić information content (AvgIpc) is 0.793. The van der Waals surface area contributed by atoms with Crippen molar-refractivity contribution in [3.05, 3.63) is 0 Å². The molecule has 0 bridgehead atoms. The van der Waals surface area contributed by atoms with Crippen molar-refractivity contribution in [2.45, 2.75) is 341 Å². The molecule has 49 nitrogen and oxygen atoms in total. The number of ketones is 2. The van der Waals surface area contributed by atoms with Crippen LogP contribution in [0.1, 0.15) is 244 Å². The zero-order chi connectivity index (χ0) is 105. The lowest BCUT2D eigenvalue weighted by Gasteiger charge is -2.44. The molecule has 3 heterocycles. The maximum atomic E-state index is 14.1. The molecule has 808 valence electrons. The largest absolute Gasteiger partial charge is 0.481 e. The highest BCUT2D eigenvalue weighted by atomic mass is 16.8. The van der Waals surface area contributed by atoms with Crippen molar-refractivity contribution >= 4 is 119 Å². The molecule has 5 amide bonds. The summed E-state index contributed by atoms with van der Waals surface area (Å²) in [6.07, 6.45) is -11.2. The first-order chi connectivity index (χ1) is 67.6. The van der Waals surface area contributed by atoms with Crippen LogP contribution in [0, 0.1) is 0 Å². The molecule has 0 aromatic rings. The van der Waals surface area contributed by atoms with E-state index >= 15 is 0 Å². The molecule has 0 spiro atoms. The molecule has 0 saturated carbocycles. The molecule has 0 aromatic heterocycles. The fraction of sp³-hybridized carbons (Fsp3) is 0.785. The number of rotatable bonds is 76. The number of carbonyl (C=O) groups excluding carboxylic acids is 19. The maximum absolute atomic E-state index is 14.1. The number of esters is 12. The summed E-state index contributed by atoms with van der Waals surface area (Å²) in [6, 6.07) is 0. The standard InChI is InChI=1S/C93H149N7O42/c1-58(101)128-52-72-81(131-61(4)104)84(134-64(7)107)87(137-67(10)110)90(140-72)125-44-24-21-30-70(113)50-94-38-27-40-97-76(116)35-47-122-55-93(100-79(119)33-19-17-15-13-14-16-18-20-34-80(120)121,57-124-49-37-78(118)99-43-29-42-96-75(115)32-23-26-46-127-92-89(139-69(12)112)86(136-66(9)109)83(133-63(6)106)74(142-92)54-130-60(3)103)56-123-48-36-77(117)98-41-28-39-95-51-71(114)31-22-25-45-126-91-88(138-68(11)111)85(135-65(8)108)82(132-62(5)105)73(141-91)53-129-59(2)102/h72-74,81-92,94-95H,13-57H2,1-12H3,(H,96,115)(H,97,116)(H,98,117)(H,99,118)(H,100,119)(H,120,121)/t72?,73?,74?,81-,82-,83-,84?,85?,86?,87?,88?,89?,90+,91+,92+,93?/m1/s1. The molecule has 0 aliphatic carbocycles. The Morgan fingerprint density at radius 2 is 0.500 bits per heavy atom. The van der Waals surface area contributed by atoms with Crippen LogP contribution in [0.5, 0.6) is 0 Å². The van der Waals surface area contributed by atoms with Crippen molar-refractivity contribution < 1.29 is 200 Å². The summed E-state index contributed by atoms with van der Waals surface area (Å²) < 4.78 is 118. The first-order valence-corrected chi connectivity index (χ1v) is 48.1. The van der Waals surface area contributed by atoms with Crippen molar-refractivity contribution in [1.29, 1.82) is 0 Å². The lowest BCUT2D eigenvalue weighted by molar-refractivity contribution is -0.308. The minimum Gasteiger partial charge on any atom is -0.481 e. The van der Waals surface area contributed by atoms with E-state index in [-0.39, 0.29) is 186 Å². The second kappa shape index (κ2) is 72.6. The molecule has 49 heteroatoms. The van der Waals surface area contributed by atoms with E-state index in [1.165, 1.54) is 0 Å². The second-order valence-corrected chi connectivity index (χ2v) is 34.0. The quantitative estimate of drug-likeness (QED) is 0.0244. The number of aliphatic carboxylic acids is 1. The summed E-state index contributed by atoms with van der Waals surface area (Å²) in [5.41, 5.74) is -1.47. The Morgan fingerprint density at radius 3 is 0.789 bits per heavy atom. The van der Waals surface area contributed by atoms with Gasteiger partial charge in [0.05, 0.1) is 52.7 Å². The van der Waals surface area contributed by atoms with Gasteiger partial charge in [0.2, 0.25) is 29.5 Å². The lowest BCUT2D eigenvalue weighted by atomic mass is 9.98. The fourth-order valence-corrected chi connectivity index (χ4v) is 14.7. The van der Waals surface area contributed by atoms with Gasteiger partial charge in [-0.25, -0.2) is 0 Å². The van der Waals surface area contributed by atoms with Crippen LogP contribution < -0.4 is 37.2 Å². The summed E-state index contributed by atoms with van der Waals surface area (Å²) in [4.78, 5) is 248. The Balaban J connectivity index is 1.65. The zero-order valence-corrected chi connectivity index (χ0v) is 83.7. The molecule has 3 aliphatic heterocycles. The van der Waals surface area contributed by atoms with Gasteiger partial charge in [-0.2, -0.15) is 0 Å². The number of carbonyl (C=O) groups is 20. The van der Waals surface area contributed by atoms with E-state index in [9.17, 15) is 95.9 Å². The van der Waals surface area contributed by atoms with Crippen molar-refractivity contribution in [3.63, 3.8) is 0 Å². The molecular weight excluding hydrogens is 1890 g/mol. The van der Waals surface area contributed by atoms with E-state index in [0.29, 0.717) is 83.7 Å². The summed E-state index contributed by atoms with van der Waals surface area (Å²) >= 11 is 0. The predicted molar refractivity (Wildman–Crippen MR) is 488 cm³/mol. The summed E-state index contributed by atoms with van der Waals surface area (Å²) in [7, 11) is 0. The molecule has 3 fully saturated rings. The monoisotopic (exact) mass is 2040 g/mol. The third kappa shape index (κ3) is 57.6. The SMILES string of the molecule is CC(=O)OCC1O[C@H](OCCCCC(=O)CNCCCNC(=O)CCOCC(COCCC(=O)NCCCNCC(=O)CCCCO[C@H]2OC(COC(C)=O)[C@@H](OC(C)=O)C(OC(C)=O)C2OC(C)=O)(COCCC(=O)NCCCNC(=O)CCCCO[C@H]2OC(COC(C)=O)[C@@H](OC(C)=O)C(OC(C)=O)C2OC(C)=O)NC(=O)CCCCCCCCCCC(=O)O)C(OC(C)=O)C(OC(C)=O)[C@@H]1OC(C)=O. The number of carboxylic acids is 1. The summed E-state index contributed by atoms with van der Waals surface area (Å²) in [5, 5.41) is 29.4. The van der Waals surface area contributed by atoms with Crippen molar-refractivity contribution in [1.82, 2.24) is 37.2 Å². The first kappa shape index (κ1) is 126. The molecule has 0 radical (unpaired) electrons. The molecular formula is C93H149N7O42. The molecule has 3 aliphatic rings. The molecule has 142 heavy (non-hydrogen) atoms. The van der Waals surface area contributed by atoms with Crippen LogP contribution >= 0.6 is 0 Å². The fourth-order valence-electron chi connectivity index (χ4n) is 14.7. The van der Waals surface area contributed by atoms with Gasteiger partial charge in [-0.15, -0.1) is 0 Å². The molecule has 8 N–H and O–H groups in total. The Bertz CT molecular complexity index is 3800. The Kier molecular flexibility index (Phi) is 64.2. The van der Waals surface area contributed by atoms with Crippen LogP contribution in [0.2, 0.25) is 0 Å². The maximum Gasteiger partial charge on any atom is 0.303 e. The highest BCUT2D eigenvalue weighted by Gasteiger charge is 2.56. The topological polar surface area (TPSA) is 640 Å². The average molecular weight is 2040 g/mol. The van der Waals surface area contributed by atoms with Crippen LogP contribution in [0.4, 0.5) is 0 Å². The number of nitrogens with one attached hydrogen (secondary N) is 7. The van der Waals surface area contributed by atoms with Crippen molar-refractivity contribution in [3.8, 4) is 0 Å². The van der Waals surface area contributed by atoms with Gasteiger partial charge in [0, 0.05) is 180 Å². The molecule has 3 saturated heterocycles. The van der Waals surface area contributed by atoms with Crippen LogP contribution in [0.25, 0.3) is 0 Å². The number of unbranched alkanes of at least 4 members (excludes halogenated alkanes) is 10. The van der Waals surface area contributed by atoms with Crippen molar-refractivity contribution in [2.24, 2.45) is 0 Å². The highest BCUT2D eigenvalue weighted by Crippen LogP contribution is 2.34. The molecule has 9 unspecified atom stereocenters. The van der Waals surface area contributed by atoms with Gasteiger partial charge in [0.1, 0.15) is 55.2 Å². The summed E-state index contributed by atoms with van der Waals surface area (Å²) in [6.45, 7) is 12.0. The van der Waals surface area contributed by atoms with Crippen LogP contribution in [0.15, 0.2) is 0 Å². The minimum atomic E-state index is -1.47. The number of hydrogen-bond donors (Lipinski definition) is 8. The Hall–Kier alpha value is -10.6. The van der Waals surface area contributed by atoms with E-state index in [0.717, 1.165) is 115 Å². The zero-order valence-electron chi connectivity index (χ0n) is 83.7. The van der Waals surface area contributed by atoms with Gasteiger partial charge in [-0.1, -0.05) is 38.5 Å². The van der Waals surface area contributed by atoms with Gasteiger partial charge in [-0.05, 0) is 83.7 Å². The van der Waals surface area contributed by atoms with E-state index < -0.39 is 207 Å². The van der Waals surface area contributed by atoms with Gasteiger partial charge >= 0.3 is 77.6 Å². The lowest BCUT2D eigenvalue weighted by Crippen LogP contribution is -2.63. The predicted octanol–water partition coefficient (Wildman–Crippen LogP) is 1.81. The number of amides is 5. The van der Waals surface area contributed by atoms with Gasteiger partial charge < -0.3 is 142 Å². The number of carboxylic acid groups (broad SMARTS) is 1. The third-order valence-electron chi connectivity index (χ3n) is 21.0. The number of hydrogen-bond acceptors (Lipinski definition) is 43. The summed E-state index contributed by atoms with van der Waals surface area (Å²) in [5.74, 6) is -12.3. The van der Waals surface area contributed by atoms with Crippen LogP contribution in [-0.4, -0.2) is 353 Å². The van der Waals surface area contributed by atoms with Gasteiger partial charge in [-0.3, -0.25) is 95.9 Å². The van der Waals surface area contributed by atoms with E-state index in [4.69, 9.17) is 105 Å². The Labute approximate surface area is 826 Å². The minimum absolute atomic E-state index is 0.00398. The second-order valence-electron chi connectivity index (χ2n) is 34.0. The number of ether oxygens (including phenoxy) is 21. The first-order valence-electron chi connectivity index (χ1n) is 48.1. The highest BCUT2D eigenvalue weighted by molar-refractivity contribution is 5.82. The number of Topliss-reactive ketones (excluding diaryl/α,β-unsaturated/α-hetero) is 2. The van der Waals surface area contributed by atoms with E-state index in [1.54, 1.807) is 0 Å². The third-order valence-corrected chi connectivity index (χ3v) is 21.0. The smallest absolute Gasteiger partial charge is 0.303 e. The molecule has 15 atom stereocenters. The molecule has 3 rings (SSSR count). The van der Waals surface area contributed by atoms with E-state index in [2.05, 4.69) is 37.2 Å². The normalized spacial score (nSPS) is 21.1. The van der Waals surface area contributed by atoms with Crippen LogP contribution in [0.3, 0.4) is 0 Å². The Morgan fingerprint density at radius 1 is 0.254 bits per heavy atom. The van der Waals surface area contributed by atoms with Crippen LogP contribution in [-0.2, 0) is 195 Å². The molecule has 0 aromatic carbocycles. The van der Waals surface area contributed by atoms with Gasteiger partial charge in [0.25, 0.3) is 0 Å². The van der Waals surface area contributed by atoms with E-state index in [1.807, 2.05) is 0 Å². The van der Waals surface area contributed by atoms with Crippen molar-refractivity contribution in [2.75, 3.05) is 132 Å². The van der Waals surface area contributed by atoms with Gasteiger partial charge in [0.15, 0.2) is 73.8 Å².